The van der Waals surface area contributed by atoms with Crippen LogP contribution >= 0.6 is 15.9 Å². The summed E-state index contributed by atoms with van der Waals surface area (Å²) in [5.74, 6) is -1.87. The Hall–Kier alpha value is -3.59. The van der Waals surface area contributed by atoms with Crippen LogP contribution < -0.4 is 4.74 Å². The third kappa shape index (κ3) is 3.16. The number of hydrogen-bond acceptors (Lipinski definition) is 5. The number of hydrogen-bond donors (Lipinski definition) is 0. The quantitative estimate of drug-likeness (QED) is 0.353. The highest BCUT2D eigenvalue weighted by Gasteiger charge is 2.34. The molecule has 0 saturated carbocycles. The van der Waals surface area contributed by atoms with Crippen molar-refractivity contribution in [3.05, 3.63) is 81.8 Å². The number of aromatic nitrogens is 1. The standard InChI is InChI=1S/C23H13BrF2N2O4/c24-19-17(31-11-10-28-22(29)12-4-1-2-5-13(12)23(28)30)9-8-14-20(27-32-21(14)19)18-15(25)6-3-7-16(18)26/h1-9H,10-11H2. The molecule has 4 aromatic rings. The van der Waals surface area contributed by atoms with Crippen LogP contribution in [0.3, 0.4) is 0 Å². The van der Waals surface area contributed by atoms with Crippen LogP contribution in [0.15, 0.2) is 63.6 Å². The van der Waals surface area contributed by atoms with E-state index in [4.69, 9.17) is 9.26 Å². The van der Waals surface area contributed by atoms with E-state index in [1.54, 1.807) is 36.4 Å². The van der Waals surface area contributed by atoms with Crippen molar-refractivity contribution >= 4 is 38.7 Å². The predicted octanol–water partition coefficient (Wildman–Crippen LogP) is 5.21. The van der Waals surface area contributed by atoms with Crippen molar-refractivity contribution < 1.29 is 27.6 Å². The molecule has 32 heavy (non-hydrogen) atoms. The largest absolute Gasteiger partial charge is 0.490 e. The van der Waals surface area contributed by atoms with Crippen LogP contribution in [0, 0.1) is 11.6 Å². The molecule has 3 aromatic carbocycles. The SMILES string of the molecule is O=C1c2ccccc2C(=O)N1CCOc1ccc2c(-c3c(F)cccc3F)noc2c1Br. The van der Waals surface area contributed by atoms with Gasteiger partial charge in [-0.15, -0.1) is 0 Å². The van der Waals surface area contributed by atoms with Crippen molar-refractivity contribution in [1.82, 2.24) is 10.1 Å². The summed E-state index contributed by atoms with van der Waals surface area (Å²) in [4.78, 5) is 26.0. The summed E-state index contributed by atoms with van der Waals surface area (Å²) in [7, 11) is 0. The summed E-state index contributed by atoms with van der Waals surface area (Å²) < 4.78 is 39.8. The fourth-order valence-electron chi connectivity index (χ4n) is 3.66. The molecule has 0 spiro atoms. The zero-order chi connectivity index (χ0) is 22.4. The number of imide groups is 1. The molecular weight excluding hydrogens is 486 g/mol. The van der Waals surface area contributed by atoms with Gasteiger partial charge in [0, 0.05) is 0 Å². The minimum atomic E-state index is -0.752. The normalized spacial score (nSPS) is 13.2. The lowest BCUT2D eigenvalue weighted by molar-refractivity contribution is 0.0631. The van der Waals surface area contributed by atoms with Crippen molar-refractivity contribution in [3.63, 3.8) is 0 Å². The topological polar surface area (TPSA) is 72.6 Å². The van der Waals surface area contributed by atoms with Gasteiger partial charge in [0.1, 0.15) is 34.2 Å². The van der Waals surface area contributed by atoms with Gasteiger partial charge in [-0.2, -0.15) is 0 Å². The summed E-state index contributed by atoms with van der Waals surface area (Å²) in [5, 5.41) is 4.23. The van der Waals surface area contributed by atoms with Crippen LogP contribution in [0.5, 0.6) is 5.75 Å². The second-order valence-electron chi connectivity index (χ2n) is 7.04. The smallest absolute Gasteiger partial charge is 0.261 e. The van der Waals surface area contributed by atoms with Gasteiger partial charge in [0.15, 0.2) is 5.58 Å². The summed E-state index contributed by atoms with van der Waals surface area (Å²) in [6.45, 7) is 0.0947. The van der Waals surface area contributed by atoms with E-state index in [2.05, 4.69) is 21.1 Å². The molecule has 1 aromatic heterocycles. The van der Waals surface area contributed by atoms with E-state index < -0.39 is 11.6 Å². The third-order valence-corrected chi connectivity index (χ3v) is 5.95. The number of carbonyl (C=O) groups is 2. The Morgan fingerprint density at radius 1 is 0.938 bits per heavy atom. The molecule has 2 heterocycles. The second kappa shape index (κ2) is 7.83. The number of nitrogens with zero attached hydrogens (tertiary/aromatic N) is 2. The first-order chi connectivity index (χ1) is 15.5. The molecule has 0 atom stereocenters. The predicted molar refractivity (Wildman–Crippen MR) is 114 cm³/mol. The molecule has 0 bridgehead atoms. The average Bonchev–Trinajstić information content (AvgIpc) is 3.31. The molecule has 160 valence electrons. The Morgan fingerprint density at radius 3 is 2.25 bits per heavy atom. The van der Waals surface area contributed by atoms with E-state index in [-0.39, 0.29) is 41.8 Å². The number of rotatable bonds is 5. The number of halogens is 3. The van der Waals surface area contributed by atoms with Crippen LogP contribution in [0.2, 0.25) is 0 Å². The number of amides is 2. The summed E-state index contributed by atoms with van der Waals surface area (Å²) in [5.41, 5.74) is 0.747. The molecule has 0 aliphatic carbocycles. The van der Waals surface area contributed by atoms with Gasteiger partial charge in [-0.05, 0) is 52.3 Å². The van der Waals surface area contributed by atoms with Gasteiger partial charge in [-0.25, -0.2) is 8.78 Å². The van der Waals surface area contributed by atoms with Gasteiger partial charge < -0.3 is 9.26 Å². The lowest BCUT2D eigenvalue weighted by atomic mass is 10.1. The van der Waals surface area contributed by atoms with Gasteiger partial charge in [-0.1, -0.05) is 23.4 Å². The molecule has 1 aliphatic rings. The van der Waals surface area contributed by atoms with E-state index in [9.17, 15) is 18.4 Å². The minimum Gasteiger partial charge on any atom is -0.490 e. The van der Waals surface area contributed by atoms with E-state index in [1.165, 1.54) is 6.07 Å². The number of benzene rings is 3. The highest BCUT2D eigenvalue weighted by molar-refractivity contribution is 9.10. The Balaban J connectivity index is 1.36. The molecule has 6 nitrogen and oxygen atoms in total. The first kappa shape index (κ1) is 20.3. The fourth-order valence-corrected chi connectivity index (χ4v) is 4.19. The molecule has 1 aliphatic heterocycles. The Kier molecular flexibility index (Phi) is 4.97. The van der Waals surface area contributed by atoms with Gasteiger partial charge in [0.05, 0.1) is 28.6 Å². The zero-order valence-electron chi connectivity index (χ0n) is 16.3. The van der Waals surface area contributed by atoms with Gasteiger partial charge in [-0.3, -0.25) is 14.5 Å². The fraction of sp³-hybridized carbons (Fsp3) is 0.0870. The van der Waals surface area contributed by atoms with Crippen LogP contribution in [-0.4, -0.2) is 35.0 Å². The molecule has 0 radical (unpaired) electrons. The monoisotopic (exact) mass is 498 g/mol. The maximum atomic E-state index is 14.2. The minimum absolute atomic E-state index is 0.0360. The van der Waals surface area contributed by atoms with E-state index in [0.717, 1.165) is 17.0 Å². The molecule has 0 saturated heterocycles. The van der Waals surface area contributed by atoms with E-state index >= 15 is 0 Å². The molecule has 0 unspecified atom stereocenters. The Labute approximate surface area is 188 Å². The Bertz CT molecular complexity index is 1350. The molecule has 0 fully saturated rings. The van der Waals surface area contributed by atoms with Gasteiger partial charge >= 0.3 is 0 Å². The van der Waals surface area contributed by atoms with Crippen molar-refractivity contribution in [2.24, 2.45) is 0 Å². The lowest BCUT2D eigenvalue weighted by Crippen LogP contribution is -2.33. The maximum absolute atomic E-state index is 14.2. The van der Waals surface area contributed by atoms with Crippen molar-refractivity contribution in [1.29, 1.82) is 0 Å². The van der Waals surface area contributed by atoms with Crippen LogP contribution in [0.1, 0.15) is 20.7 Å². The maximum Gasteiger partial charge on any atom is 0.261 e. The summed E-state index contributed by atoms with van der Waals surface area (Å²) >= 11 is 3.37. The van der Waals surface area contributed by atoms with Crippen molar-refractivity contribution in [2.45, 2.75) is 0 Å². The van der Waals surface area contributed by atoms with E-state index in [1.807, 2.05) is 0 Å². The second-order valence-corrected chi connectivity index (χ2v) is 7.83. The van der Waals surface area contributed by atoms with Crippen LogP contribution in [0.4, 0.5) is 8.78 Å². The Morgan fingerprint density at radius 2 is 1.59 bits per heavy atom. The highest BCUT2D eigenvalue weighted by atomic mass is 79.9. The molecular formula is C23H13BrF2N2O4. The lowest BCUT2D eigenvalue weighted by Gasteiger charge is -2.15. The molecule has 2 amide bonds. The summed E-state index contributed by atoms with van der Waals surface area (Å²) in [6, 6.07) is 13.4. The first-order valence-electron chi connectivity index (χ1n) is 9.57. The van der Waals surface area contributed by atoms with Gasteiger partial charge in [0.25, 0.3) is 11.8 Å². The average molecular weight is 499 g/mol. The van der Waals surface area contributed by atoms with Gasteiger partial charge in [0.2, 0.25) is 0 Å². The number of carbonyl (C=O) groups excluding carboxylic acids is 2. The molecule has 9 heteroatoms. The summed E-state index contributed by atoms with van der Waals surface area (Å²) in [6.07, 6.45) is 0. The zero-order valence-corrected chi connectivity index (χ0v) is 17.9. The van der Waals surface area contributed by atoms with Crippen molar-refractivity contribution in [2.75, 3.05) is 13.2 Å². The molecule has 0 N–H and O–H groups in total. The number of fused-ring (bicyclic) bond motifs is 2. The van der Waals surface area contributed by atoms with Crippen LogP contribution in [0.25, 0.3) is 22.2 Å². The molecule has 5 rings (SSSR count). The van der Waals surface area contributed by atoms with Crippen LogP contribution in [-0.2, 0) is 0 Å². The number of ether oxygens (including phenoxy) is 1. The highest BCUT2D eigenvalue weighted by Crippen LogP contribution is 2.39. The van der Waals surface area contributed by atoms with Crippen molar-refractivity contribution in [3.8, 4) is 17.0 Å². The third-order valence-electron chi connectivity index (χ3n) is 5.20. The van der Waals surface area contributed by atoms with E-state index in [0.29, 0.717) is 26.7 Å². The first-order valence-corrected chi connectivity index (χ1v) is 10.4.